The van der Waals surface area contributed by atoms with Crippen LogP contribution in [-0.4, -0.2) is 15.0 Å². The third kappa shape index (κ3) is 5.98. The Bertz CT molecular complexity index is 3290. The summed E-state index contributed by atoms with van der Waals surface area (Å²) >= 11 is 0. The molecule has 270 valence electrons. The number of benzene rings is 9. The van der Waals surface area contributed by atoms with Crippen LogP contribution >= 0.6 is 0 Å². The third-order valence-electron chi connectivity index (χ3n) is 11.4. The lowest BCUT2D eigenvalue weighted by Gasteiger charge is -2.14. The first-order chi connectivity index (χ1) is 28.7. The number of hydrogen-bond acceptors (Lipinski definition) is 3. The summed E-state index contributed by atoms with van der Waals surface area (Å²) in [6.07, 6.45) is 1.88. The van der Waals surface area contributed by atoms with E-state index in [9.17, 15) is 0 Å². The molecule has 0 unspecified atom stereocenters. The smallest absolute Gasteiger partial charge is 0.160 e. The second-order valence-corrected chi connectivity index (χ2v) is 14.8. The monoisotopic (exact) mass is 737 g/mol. The van der Waals surface area contributed by atoms with E-state index in [0.717, 1.165) is 55.7 Å². The Kier molecular flexibility index (Phi) is 8.15. The van der Waals surface area contributed by atoms with Gasteiger partial charge in [-0.15, -0.1) is 0 Å². The van der Waals surface area contributed by atoms with E-state index in [1.165, 1.54) is 49.0 Å². The van der Waals surface area contributed by atoms with E-state index in [1.807, 2.05) is 30.5 Å². The normalized spacial score (nSPS) is 11.4. The van der Waals surface area contributed by atoms with E-state index in [-0.39, 0.29) is 0 Å². The van der Waals surface area contributed by atoms with Crippen molar-refractivity contribution in [3.05, 3.63) is 212 Å². The summed E-state index contributed by atoms with van der Waals surface area (Å²) in [5.74, 6) is 0.700. The zero-order valence-corrected chi connectivity index (χ0v) is 31.5. The molecule has 0 amide bonds. The zero-order chi connectivity index (χ0) is 38.4. The summed E-state index contributed by atoms with van der Waals surface area (Å²) < 4.78 is 0. The maximum atomic E-state index is 5.09. The molecule has 0 N–H and O–H groups in total. The molecule has 2 aromatic heterocycles. The molecule has 0 fully saturated rings. The number of nitrogens with zero attached hydrogens (tertiary/aromatic N) is 3. The van der Waals surface area contributed by atoms with E-state index in [0.29, 0.717) is 5.82 Å². The number of fused-ring (bicyclic) bond motifs is 6. The molecule has 0 aliphatic carbocycles. The van der Waals surface area contributed by atoms with Crippen molar-refractivity contribution in [2.45, 2.75) is 0 Å². The third-order valence-corrected chi connectivity index (χ3v) is 11.4. The predicted molar refractivity (Wildman–Crippen MR) is 242 cm³/mol. The number of para-hydroxylation sites is 1. The van der Waals surface area contributed by atoms with Crippen LogP contribution in [-0.2, 0) is 0 Å². The van der Waals surface area contributed by atoms with E-state index in [1.54, 1.807) is 0 Å². The highest BCUT2D eigenvalue weighted by Gasteiger charge is 2.14. The lowest BCUT2D eigenvalue weighted by Crippen LogP contribution is -1.96. The Morgan fingerprint density at radius 3 is 1.50 bits per heavy atom. The number of rotatable bonds is 6. The highest BCUT2D eigenvalue weighted by atomic mass is 14.9. The summed E-state index contributed by atoms with van der Waals surface area (Å²) in [6, 6.07) is 73.3. The fraction of sp³-hybridized carbons (Fsp3) is 0. The molecule has 11 aromatic rings. The van der Waals surface area contributed by atoms with Crippen molar-refractivity contribution in [2.24, 2.45) is 0 Å². The Labute approximate surface area is 336 Å². The Morgan fingerprint density at radius 2 is 0.810 bits per heavy atom. The van der Waals surface area contributed by atoms with E-state index >= 15 is 0 Å². The predicted octanol–water partition coefficient (Wildman–Crippen LogP) is 14.5. The highest BCUT2D eigenvalue weighted by Crippen LogP contribution is 2.39. The molecule has 3 nitrogen and oxygen atoms in total. The van der Waals surface area contributed by atoms with E-state index < -0.39 is 0 Å². The standard InChI is InChI=1S/C55H35N3/c1-2-11-43(12-3-1)55-57-52(35-53(58-55)42-29-24-39(25-30-42)45-32-33-56-51-17-9-8-15-48(45)51)41-27-20-37(21-28-41)36-18-22-40(23-19-36)50-34-44-31-26-38-10-4-5-13-46(38)54(44)49-16-7-6-14-47(49)50/h1-35H. The number of aromatic nitrogens is 3. The molecule has 0 aliphatic heterocycles. The molecule has 3 heteroatoms. The molecule has 9 aromatic carbocycles. The maximum Gasteiger partial charge on any atom is 0.160 e. The van der Waals surface area contributed by atoms with Gasteiger partial charge in [-0.3, -0.25) is 4.98 Å². The van der Waals surface area contributed by atoms with Crippen molar-refractivity contribution in [3.63, 3.8) is 0 Å². The van der Waals surface area contributed by atoms with Crippen LogP contribution in [0.1, 0.15) is 0 Å². The zero-order valence-electron chi connectivity index (χ0n) is 31.5. The molecule has 0 aliphatic rings. The Hall–Kier alpha value is -7.75. The Morgan fingerprint density at radius 1 is 0.293 bits per heavy atom. The van der Waals surface area contributed by atoms with E-state index in [2.05, 4.69) is 187 Å². The van der Waals surface area contributed by atoms with Gasteiger partial charge in [-0.05, 0) is 90.0 Å². The lowest BCUT2D eigenvalue weighted by molar-refractivity contribution is 1.18. The summed E-state index contributed by atoms with van der Waals surface area (Å²) in [7, 11) is 0. The van der Waals surface area contributed by atoms with Gasteiger partial charge in [-0.1, -0.05) is 182 Å². The SMILES string of the molecule is c1ccc(-c2nc(-c3ccc(-c4ccc(-c5cc6ccc7ccccc7c6c6ccccc56)cc4)cc3)cc(-c3ccc(-c4ccnc5ccccc45)cc3)n2)cc1. The van der Waals surface area contributed by atoms with Crippen LogP contribution in [0.4, 0.5) is 0 Å². The highest BCUT2D eigenvalue weighted by molar-refractivity contribution is 6.23. The van der Waals surface area contributed by atoms with Gasteiger partial charge in [0.1, 0.15) is 0 Å². The van der Waals surface area contributed by atoms with Crippen molar-refractivity contribution in [1.29, 1.82) is 0 Å². The molecule has 0 spiro atoms. The van der Waals surface area contributed by atoms with Crippen LogP contribution in [0.2, 0.25) is 0 Å². The van der Waals surface area contributed by atoms with E-state index in [4.69, 9.17) is 9.97 Å². The van der Waals surface area contributed by atoms with Crippen molar-refractivity contribution >= 4 is 43.2 Å². The molecular formula is C55H35N3. The van der Waals surface area contributed by atoms with Crippen molar-refractivity contribution in [1.82, 2.24) is 15.0 Å². The maximum absolute atomic E-state index is 5.09. The fourth-order valence-corrected chi connectivity index (χ4v) is 8.42. The number of pyridine rings is 1. The average Bonchev–Trinajstić information content (AvgIpc) is 3.31. The van der Waals surface area contributed by atoms with Crippen LogP contribution in [0.25, 0.3) is 111 Å². The molecule has 0 radical (unpaired) electrons. The average molecular weight is 738 g/mol. The molecule has 0 atom stereocenters. The Balaban J connectivity index is 0.923. The van der Waals surface area contributed by atoms with Gasteiger partial charge < -0.3 is 0 Å². The van der Waals surface area contributed by atoms with Crippen LogP contribution in [0.3, 0.4) is 0 Å². The van der Waals surface area contributed by atoms with Gasteiger partial charge >= 0.3 is 0 Å². The molecule has 11 rings (SSSR count). The summed E-state index contributed by atoms with van der Waals surface area (Å²) in [4.78, 5) is 14.7. The van der Waals surface area contributed by atoms with Gasteiger partial charge in [0.05, 0.1) is 16.9 Å². The minimum atomic E-state index is 0.700. The van der Waals surface area contributed by atoms with Crippen LogP contribution in [0.15, 0.2) is 212 Å². The summed E-state index contributed by atoms with van der Waals surface area (Å²) in [5.41, 5.74) is 12.9. The summed E-state index contributed by atoms with van der Waals surface area (Å²) in [6.45, 7) is 0. The minimum absolute atomic E-state index is 0.700. The molecule has 0 saturated carbocycles. The van der Waals surface area contributed by atoms with Gasteiger partial charge in [0.25, 0.3) is 0 Å². The summed E-state index contributed by atoms with van der Waals surface area (Å²) in [5, 5.41) is 8.81. The topological polar surface area (TPSA) is 38.7 Å². The van der Waals surface area contributed by atoms with Gasteiger partial charge in [0.2, 0.25) is 0 Å². The molecule has 0 saturated heterocycles. The van der Waals surface area contributed by atoms with Gasteiger partial charge in [0.15, 0.2) is 5.82 Å². The van der Waals surface area contributed by atoms with Crippen LogP contribution < -0.4 is 0 Å². The van der Waals surface area contributed by atoms with Gasteiger partial charge in [-0.25, -0.2) is 9.97 Å². The van der Waals surface area contributed by atoms with Crippen molar-refractivity contribution < 1.29 is 0 Å². The minimum Gasteiger partial charge on any atom is -0.256 e. The molecular weight excluding hydrogens is 703 g/mol. The lowest BCUT2D eigenvalue weighted by atomic mass is 9.90. The number of hydrogen-bond donors (Lipinski definition) is 0. The first kappa shape index (κ1) is 33.6. The molecule has 58 heavy (non-hydrogen) atoms. The van der Waals surface area contributed by atoms with Crippen molar-refractivity contribution in [2.75, 3.05) is 0 Å². The second-order valence-electron chi connectivity index (χ2n) is 14.8. The molecule has 0 bridgehead atoms. The van der Waals surface area contributed by atoms with Crippen molar-refractivity contribution in [3.8, 4) is 67.3 Å². The fourth-order valence-electron chi connectivity index (χ4n) is 8.42. The quantitative estimate of drug-likeness (QED) is 0.160. The first-order valence-electron chi connectivity index (χ1n) is 19.7. The largest absolute Gasteiger partial charge is 0.256 e. The van der Waals surface area contributed by atoms with Gasteiger partial charge in [-0.2, -0.15) is 0 Å². The second kappa shape index (κ2) is 14.1. The molecule has 2 heterocycles. The van der Waals surface area contributed by atoms with Crippen LogP contribution in [0, 0.1) is 0 Å². The first-order valence-corrected chi connectivity index (χ1v) is 19.7. The van der Waals surface area contributed by atoms with Crippen LogP contribution in [0.5, 0.6) is 0 Å². The van der Waals surface area contributed by atoms with Gasteiger partial charge in [0, 0.05) is 28.3 Å².